The van der Waals surface area contributed by atoms with Crippen LogP contribution in [0.2, 0.25) is 0 Å². The van der Waals surface area contributed by atoms with Crippen LogP contribution in [0.15, 0.2) is 0 Å². The van der Waals surface area contributed by atoms with E-state index in [2.05, 4.69) is 10.3 Å². The van der Waals surface area contributed by atoms with Crippen molar-refractivity contribution in [1.29, 1.82) is 0 Å². The monoisotopic (exact) mass is 243 g/mol. The third kappa shape index (κ3) is 3.01. The second-order valence-electron chi connectivity index (χ2n) is 3.28. The summed E-state index contributed by atoms with van der Waals surface area (Å²) in [4.78, 5) is 26.7. The largest absolute Gasteiger partial charge is 0.381 e. The molecule has 1 unspecified atom stereocenters. The van der Waals surface area contributed by atoms with Crippen molar-refractivity contribution in [2.75, 3.05) is 6.54 Å². The molecule has 0 aliphatic rings. The smallest absolute Gasteiger partial charge is 0.263 e. The second kappa shape index (κ2) is 5.04. The molecule has 0 bridgehead atoms. The predicted molar refractivity (Wildman–Crippen MR) is 59.1 cm³/mol. The van der Waals surface area contributed by atoms with Crippen LogP contribution in [-0.2, 0) is 4.79 Å². The summed E-state index contributed by atoms with van der Waals surface area (Å²) in [6.45, 7) is 3.33. The number of carbonyl (C=O) groups is 2. The van der Waals surface area contributed by atoms with Gasteiger partial charge >= 0.3 is 0 Å². The van der Waals surface area contributed by atoms with Gasteiger partial charge in [0.2, 0.25) is 5.91 Å². The van der Waals surface area contributed by atoms with E-state index in [1.165, 1.54) is 11.3 Å². The molecular formula is C9H13N3O3S. The van der Waals surface area contributed by atoms with E-state index in [0.29, 0.717) is 10.6 Å². The van der Waals surface area contributed by atoms with Gasteiger partial charge in [-0.05, 0) is 13.8 Å². The van der Waals surface area contributed by atoms with Crippen LogP contribution in [0.1, 0.15) is 20.4 Å². The Labute approximate surface area is 96.5 Å². The summed E-state index contributed by atoms with van der Waals surface area (Å²) in [7, 11) is 0. The number of carbonyl (C=O) groups excluding carboxylic acids is 2. The minimum absolute atomic E-state index is 0.190. The standard InChI is InChI=1S/C9H13N3O3S/c1-4-7(16-5(2)12-4)9(15)11-3-6(13)8(10)14/h6,13H,3H2,1-2H3,(H2,10,14)(H,11,15). The predicted octanol–water partition coefficient (Wildman–Crippen LogP) is -0.664. The van der Waals surface area contributed by atoms with Crippen LogP contribution in [0.5, 0.6) is 0 Å². The van der Waals surface area contributed by atoms with Crippen LogP contribution >= 0.6 is 11.3 Å². The molecule has 0 fully saturated rings. The average molecular weight is 243 g/mol. The van der Waals surface area contributed by atoms with Gasteiger partial charge in [-0.2, -0.15) is 0 Å². The first-order chi connectivity index (χ1) is 7.41. The highest BCUT2D eigenvalue weighted by molar-refractivity contribution is 7.13. The fourth-order valence-corrected chi connectivity index (χ4v) is 1.95. The Balaban J connectivity index is 2.60. The van der Waals surface area contributed by atoms with E-state index in [4.69, 9.17) is 10.8 Å². The molecule has 16 heavy (non-hydrogen) atoms. The van der Waals surface area contributed by atoms with Crippen LogP contribution in [0.25, 0.3) is 0 Å². The van der Waals surface area contributed by atoms with Gasteiger partial charge in [-0.25, -0.2) is 4.98 Å². The first-order valence-electron chi connectivity index (χ1n) is 4.61. The number of aliphatic hydroxyl groups is 1. The Kier molecular flexibility index (Phi) is 3.97. The first-order valence-corrected chi connectivity index (χ1v) is 5.43. The number of nitrogens with one attached hydrogen (secondary N) is 1. The first kappa shape index (κ1) is 12.6. The molecule has 0 spiro atoms. The minimum atomic E-state index is -1.36. The molecule has 0 saturated heterocycles. The lowest BCUT2D eigenvalue weighted by Crippen LogP contribution is -2.39. The third-order valence-electron chi connectivity index (χ3n) is 1.89. The van der Waals surface area contributed by atoms with E-state index in [1.807, 2.05) is 0 Å². The molecule has 0 saturated carbocycles. The van der Waals surface area contributed by atoms with Crippen LogP contribution in [0.3, 0.4) is 0 Å². The zero-order chi connectivity index (χ0) is 12.3. The summed E-state index contributed by atoms with van der Waals surface area (Å²) in [5, 5.41) is 12.3. The van der Waals surface area contributed by atoms with Gasteiger partial charge in [0.1, 0.15) is 11.0 Å². The highest BCUT2D eigenvalue weighted by Gasteiger charge is 2.16. The molecule has 0 aromatic carbocycles. The molecule has 0 radical (unpaired) electrons. The van der Waals surface area contributed by atoms with Gasteiger partial charge in [-0.15, -0.1) is 11.3 Å². The Hall–Kier alpha value is -1.47. The molecule has 1 rings (SSSR count). The van der Waals surface area contributed by atoms with E-state index >= 15 is 0 Å². The molecule has 6 nitrogen and oxygen atoms in total. The molecule has 1 heterocycles. The third-order valence-corrected chi connectivity index (χ3v) is 2.97. The number of aryl methyl sites for hydroxylation is 2. The lowest BCUT2D eigenvalue weighted by Gasteiger charge is -2.07. The van der Waals surface area contributed by atoms with Crippen molar-refractivity contribution in [2.45, 2.75) is 20.0 Å². The molecule has 7 heteroatoms. The average Bonchev–Trinajstić information content (AvgIpc) is 2.53. The van der Waals surface area contributed by atoms with Crippen molar-refractivity contribution in [3.05, 3.63) is 15.6 Å². The van der Waals surface area contributed by atoms with E-state index in [1.54, 1.807) is 13.8 Å². The number of hydrogen-bond donors (Lipinski definition) is 3. The van der Waals surface area contributed by atoms with Crippen molar-refractivity contribution in [3.63, 3.8) is 0 Å². The molecule has 88 valence electrons. The van der Waals surface area contributed by atoms with Crippen molar-refractivity contribution < 1.29 is 14.7 Å². The zero-order valence-electron chi connectivity index (χ0n) is 8.98. The number of aliphatic hydroxyl groups excluding tert-OH is 1. The molecular weight excluding hydrogens is 230 g/mol. The number of primary amides is 1. The van der Waals surface area contributed by atoms with Gasteiger partial charge in [0, 0.05) is 0 Å². The number of rotatable bonds is 4. The highest BCUT2D eigenvalue weighted by Crippen LogP contribution is 2.16. The molecule has 1 aromatic rings. The van der Waals surface area contributed by atoms with Crippen LogP contribution in [-0.4, -0.2) is 34.6 Å². The van der Waals surface area contributed by atoms with Gasteiger partial charge in [0.25, 0.3) is 5.91 Å². The van der Waals surface area contributed by atoms with Gasteiger partial charge in [0.05, 0.1) is 17.2 Å². The fourth-order valence-electron chi connectivity index (χ4n) is 1.11. The van der Waals surface area contributed by atoms with Gasteiger partial charge in [-0.1, -0.05) is 0 Å². The normalized spacial score (nSPS) is 12.2. The van der Waals surface area contributed by atoms with Gasteiger partial charge in [-0.3, -0.25) is 9.59 Å². The van der Waals surface area contributed by atoms with Gasteiger partial charge in [0.15, 0.2) is 0 Å². The van der Waals surface area contributed by atoms with E-state index < -0.39 is 12.0 Å². The van der Waals surface area contributed by atoms with Crippen molar-refractivity contribution in [2.24, 2.45) is 5.73 Å². The Morgan fingerprint density at radius 2 is 2.19 bits per heavy atom. The van der Waals surface area contributed by atoms with Crippen LogP contribution in [0, 0.1) is 13.8 Å². The Bertz CT molecular complexity index is 416. The number of hydrogen-bond acceptors (Lipinski definition) is 5. The maximum absolute atomic E-state index is 11.6. The topological polar surface area (TPSA) is 105 Å². The molecule has 1 aromatic heterocycles. The number of aromatic nitrogens is 1. The number of nitrogens with zero attached hydrogens (tertiary/aromatic N) is 1. The van der Waals surface area contributed by atoms with Crippen molar-refractivity contribution in [1.82, 2.24) is 10.3 Å². The minimum Gasteiger partial charge on any atom is -0.381 e. The Morgan fingerprint density at radius 3 is 2.62 bits per heavy atom. The SMILES string of the molecule is Cc1nc(C)c(C(=O)NCC(O)C(N)=O)s1. The summed E-state index contributed by atoms with van der Waals surface area (Å²) in [5.41, 5.74) is 5.48. The second-order valence-corrected chi connectivity index (χ2v) is 4.48. The lowest BCUT2D eigenvalue weighted by molar-refractivity contribution is -0.125. The quantitative estimate of drug-likeness (QED) is 0.652. The van der Waals surface area contributed by atoms with Gasteiger partial charge < -0.3 is 16.2 Å². The van der Waals surface area contributed by atoms with Crippen molar-refractivity contribution in [3.8, 4) is 0 Å². The fraction of sp³-hybridized carbons (Fsp3) is 0.444. The van der Waals surface area contributed by atoms with E-state index in [-0.39, 0.29) is 12.5 Å². The zero-order valence-corrected chi connectivity index (χ0v) is 9.80. The van der Waals surface area contributed by atoms with Crippen molar-refractivity contribution >= 4 is 23.2 Å². The highest BCUT2D eigenvalue weighted by atomic mass is 32.1. The summed E-state index contributed by atoms with van der Waals surface area (Å²) in [6, 6.07) is 0. The van der Waals surface area contributed by atoms with Crippen LogP contribution < -0.4 is 11.1 Å². The lowest BCUT2D eigenvalue weighted by atomic mass is 10.3. The summed E-state index contributed by atoms with van der Waals surface area (Å²) >= 11 is 1.26. The summed E-state index contributed by atoms with van der Waals surface area (Å²) in [5.74, 6) is -1.22. The summed E-state index contributed by atoms with van der Waals surface area (Å²) in [6.07, 6.45) is -1.36. The molecule has 1 atom stereocenters. The molecule has 2 amide bonds. The molecule has 0 aliphatic carbocycles. The van der Waals surface area contributed by atoms with Crippen LogP contribution in [0.4, 0.5) is 0 Å². The number of amides is 2. The maximum atomic E-state index is 11.6. The summed E-state index contributed by atoms with van der Waals surface area (Å²) < 4.78 is 0. The molecule has 4 N–H and O–H groups in total. The number of nitrogens with two attached hydrogens (primary N) is 1. The maximum Gasteiger partial charge on any atom is 0.263 e. The molecule has 0 aliphatic heterocycles. The Morgan fingerprint density at radius 1 is 1.56 bits per heavy atom. The van der Waals surface area contributed by atoms with E-state index in [0.717, 1.165) is 5.01 Å². The number of thiazole rings is 1. The van der Waals surface area contributed by atoms with E-state index in [9.17, 15) is 9.59 Å².